The molecule has 19 heavy (non-hydrogen) atoms. The van der Waals surface area contributed by atoms with E-state index in [0.717, 1.165) is 10.6 Å². The molecule has 3 heteroatoms. The second-order valence-electron chi connectivity index (χ2n) is 5.77. The van der Waals surface area contributed by atoms with Gasteiger partial charge in [0.05, 0.1) is 4.83 Å². The van der Waals surface area contributed by atoms with Gasteiger partial charge >= 0.3 is 0 Å². The van der Waals surface area contributed by atoms with Gasteiger partial charge in [0.15, 0.2) is 0 Å². The Labute approximate surface area is 132 Å². The predicted molar refractivity (Wildman–Crippen MR) is 90.0 cm³/mol. The van der Waals surface area contributed by atoms with Gasteiger partial charge in [-0.05, 0) is 41.7 Å². The van der Waals surface area contributed by atoms with E-state index in [9.17, 15) is 0 Å². The normalized spacial score (nSPS) is 13.6. The lowest BCUT2D eigenvalue weighted by molar-refractivity contribution is 0.604. The Morgan fingerprint density at radius 1 is 1.16 bits per heavy atom. The number of rotatable bonds is 2. The van der Waals surface area contributed by atoms with Crippen molar-refractivity contribution in [3.05, 3.63) is 56.2 Å². The first-order chi connectivity index (χ1) is 8.80. The third-order valence-corrected chi connectivity index (χ3v) is 6.47. The number of halogens is 2. The van der Waals surface area contributed by atoms with Crippen molar-refractivity contribution in [1.82, 2.24) is 0 Å². The third-order valence-electron chi connectivity index (χ3n) is 3.20. The van der Waals surface area contributed by atoms with Crippen LogP contribution < -0.4 is 0 Å². The molecule has 1 heterocycles. The maximum atomic E-state index is 6.21. The van der Waals surface area contributed by atoms with E-state index in [0.29, 0.717) is 0 Å². The lowest BCUT2D eigenvalue weighted by atomic mass is 9.95. The Kier molecular flexibility index (Phi) is 4.44. The van der Waals surface area contributed by atoms with Crippen LogP contribution in [0.3, 0.4) is 0 Å². The molecule has 102 valence electrons. The molecule has 0 fully saturated rings. The molecule has 1 atom stereocenters. The number of hydrogen-bond donors (Lipinski definition) is 0. The fourth-order valence-corrected chi connectivity index (χ4v) is 4.12. The fraction of sp³-hybridized carbons (Fsp3) is 0.375. The van der Waals surface area contributed by atoms with Crippen LogP contribution in [0.1, 0.15) is 46.5 Å². The standard InChI is InChI=1S/C16H18BrClS/c1-10-11(6-5-7-12(10)18)15(17)13-8-9-14(19-13)16(2,3)4/h5-9,15H,1-4H3. The molecule has 0 spiro atoms. The van der Waals surface area contributed by atoms with Crippen LogP contribution in [0.2, 0.25) is 5.02 Å². The van der Waals surface area contributed by atoms with Gasteiger partial charge in [-0.2, -0.15) is 0 Å². The van der Waals surface area contributed by atoms with E-state index in [1.165, 1.54) is 15.3 Å². The Morgan fingerprint density at radius 2 is 1.84 bits per heavy atom. The first kappa shape index (κ1) is 15.1. The first-order valence-corrected chi connectivity index (χ1v) is 8.41. The Hall–Kier alpha value is -0.310. The summed E-state index contributed by atoms with van der Waals surface area (Å²) in [6, 6.07) is 10.5. The summed E-state index contributed by atoms with van der Waals surface area (Å²) in [7, 11) is 0. The van der Waals surface area contributed by atoms with Crippen LogP contribution in [0.15, 0.2) is 30.3 Å². The van der Waals surface area contributed by atoms with Crippen molar-refractivity contribution >= 4 is 38.9 Å². The van der Waals surface area contributed by atoms with Gasteiger partial charge in [-0.1, -0.05) is 60.4 Å². The van der Waals surface area contributed by atoms with Crippen LogP contribution in [0.25, 0.3) is 0 Å². The van der Waals surface area contributed by atoms with Crippen LogP contribution in [0, 0.1) is 6.92 Å². The molecular weight excluding hydrogens is 340 g/mol. The van der Waals surface area contributed by atoms with Crippen molar-refractivity contribution in [2.75, 3.05) is 0 Å². The fourth-order valence-electron chi connectivity index (χ4n) is 1.94. The maximum Gasteiger partial charge on any atom is 0.0741 e. The number of thiophene rings is 1. The van der Waals surface area contributed by atoms with Gasteiger partial charge in [0, 0.05) is 14.8 Å². The highest BCUT2D eigenvalue weighted by Crippen LogP contribution is 2.40. The minimum atomic E-state index is 0.207. The number of alkyl halides is 1. The van der Waals surface area contributed by atoms with Crippen LogP contribution >= 0.6 is 38.9 Å². The molecule has 0 aliphatic heterocycles. The molecule has 0 aliphatic rings. The molecule has 0 aliphatic carbocycles. The molecule has 1 unspecified atom stereocenters. The van der Waals surface area contributed by atoms with E-state index in [4.69, 9.17) is 11.6 Å². The Bertz CT molecular complexity index is 581. The molecule has 0 saturated carbocycles. The lowest BCUT2D eigenvalue weighted by Gasteiger charge is -2.16. The molecule has 0 N–H and O–H groups in total. The molecule has 2 rings (SSSR count). The molecule has 0 bridgehead atoms. The summed E-state index contributed by atoms with van der Waals surface area (Å²) in [4.78, 5) is 2.95. The number of hydrogen-bond acceptors (Lipinski definition) is 1. The van der Waals surface area contributed by atoms with Crippen molar-refractivity contribution < 1.29 is 0 Å². The Balaban J connectivity index is 2.37. The quantitative estimate of drug-likeness (QED) is 0.539. The van der Waals surface area contributed by atoms with Crippen LogP contribution in [-0.2, 0) is 5.41 Å². The first-order valence-electron chi connectivity index (χ1n) is 6.30. The summed E-state index contributed by atoms with van der Waals surface area (Å²) in [6.07, 6.45) is 0. The average molecular weight is 358 g/mol. The maximum absolute atomic E-state index is 6.21. The van der Waals surface area contributed by atoms with E-state index < -0.39 is 0 Å². The summed E-state index contributed by atoms with van der Waals surface area (Å²) in [5.74, 6) is 0. The van der Waals surface area contributed by atoms with Crippen LogP contribution in [0.5, 0.6) is 0 Å². The van der Waals surface area contributed by atoms with Gasteiger partial charge in [-0.25, -0.2) is 0 Å². The summed E-state index contributed by atoms with van der Waals surface area (Å²) in [6.45, 7) is 8.81. The van der Waals surface area contributed by atoms with Crippen molar-refractivity contribution in [3.63, 3.8) is 0 Å². The zero-order valence-electron chi connectivity index (χ0n) is 11.6. The largest absolute Gasteiger partial charge is 0.143 e. The minimum absolute atomic E-state index is 0.207. The second kappa shape index (κ2) is 5.59. The monoisotopic (exact) mass is 356 g/mol. The smallest absolute Gasteiger partial charge is 0.0741 e. The minimum Gasteiger partial charge on any atom is -0.143 e. The zero-order chi connectivity index (χ0) is 14.2. The molecular formula is C16H18BrClS. The third kappa shape index (κ3) is 3.24. The van der Waals surface area contributed by atoms with Gasteiger partial charge in [-0.3, -0.25) is 0 Å². The summed E-state index contributed by atoms with van der Waals surface area (Å²) >= 11 is 11.9. The topological polar surface area (TPSA) is 0 Å². The van der Waals surface area contributed by atoms with Crippen LogP contribution in [-0.4, -0.2) is 0 Å². The highest BCUT2D eigenvalue weighted by molar-refractivity contribution is 9.09. The van der Waals surface area contributed by atoms with Crippen molar-refractivity contribution in [1.29, 1.82) is 0 Å². The van der Waals surface area contributed by atoms with Crippen molar-refractivity contribution in [2.24, 2.45) is 0 Å². The highest BCUT2D eigenvalue weighted by atomic mass is 79.9. The van der Waals surface area contributed by atoms with E-state index in [-0.39, 0.29) is 10.2 Å². The van der Waals surface area contributed by atoms with Gasteiger partial charge in [0.25, 0.3) is 0 Å². The van der Waals surface area contributed by atoms with Gasteiger partial charge in [0.2, 0.25) is 0 Å². The lowest BCUT2D eigenvalue weighted by Crippen LogP contribution is -2.07. The summed E-state index contributed by atoms with van der Waals surface area (Å²) < 4.78 is 0. The molecule has 0 nitrogen and oxygen atoms in total. The van der Waals surface area contributed by atoms with Gasteiger partial charge < -0.3 is 0 Å². The van der Waals surface area contributed by atoms with Crippen molar-refractivity contribution in [3.8, 4) is 0 Å². The SMILES string of the molecule is Cc1c(Cl)cccc1C(Br)c1ccc(C(C)(C)C)s1. The molecule has 1 aromatic heterocycles. The van der Waals surface area contributed by atoms with Crippen molar-refractivity contribution in [2.45, 2.75) is 37.9 Å². The predicted octanol–water partition coefficient (Wildman–Crippen LogP) is 6.49. The van der Waals surface area contributed by atoms with E-state index >= 15 is 0 Å². The molecule has 0 amide bonds. The van der Waals surface area contributed by atoms with E-state index in [1.54, 1.807) is 0 Å². The second-order valence-corrected chi connectivity index (χ2v) is 8.21. The van der Waals surface area contributed by atoms with E-state index in [2.05, 4.69) is 61.8 Å². The average Bonchev–Trinajstić information content (AvgIpc) is 2.81. The van der Waals surface area contributed by atoms with Crippen LogP contribution in [0.4, 0.5) is 0 Å². The molecule has 0 radical (unpaired) electrons. The molecule has 2 aromatic rings. The highest BCUT2D eigenvalue weighted by Gasteiger charge is 2.20. The summed E-state index contributed by atoms with van der Waals surface area (Å²) in [5, 5.41) is 0.828. The molecule has 0 saturated heterocycles. The number of benzene rings is 1. The zero-order valence-corrected chi connectivity index (χ0v) is 14.8. The Morgan fingerprint density at radius 3 is 2.42 bits per heavy atom. The van der Waals surface area contributed by atoms with Gasteiger partial charge in [-0.15, -0.1) is 11.3 Å². The van der Waals surface area contributed by atoms with E-state index in [1.807, 2.05) is 23.5 Å². The van der Waals surface area contributed by atoms with Gasteiger partial charge in [0.1, 0.15) is 0 Å². The molecule has 1 aromatic carbocycles. The summed E-state index contributed by atoms with van der Waals surface area (Å²) in [5.41, 5.74) is 2.60.